The molecule has 0 fully saturated rings. The molecule has 2 aromatic heterocycles. The molecule has 0 aromatic carbocycles. The molecule has 6 heteroatoms. The number of aliphatic hydroxyl groups is 1. The number of hydrogen-bond acceptors (Lipinski definition) is 4. The summed E-state index contributed by atoms with van der Waals surface area (Å²) in [5.74, 6) is -0.180. The molecule has 2 rings (SSSR count). The summed E-state index contributed by atoms with van der Waals surface area (Å²) in [6, 6.07) is 1.75. The van der Waals surface area contributed by atoms with E-state index in [0.717, 1.165) is 0 Å². The maximum atomic E-state index is 11.8. The first-order valence-electron chi connectivity index (χ1n) is 5.51. The van der Waals surface area contributed by atoms with E-state index in [9.17, 15) is 9.90 Å². The first-order valence-corrected chi connectivity index (χ1v) is 6.45. The number of nitrogens with one attached hydrogen (secondary N) is 1. The van der Waals surface area contributed by atoms with Gasteiger partial charge in [0.2, 0.25) is 0 Å². The smallest absolute Gasteiger partial charge is 0.252 e. The van der Waals surface area contributed by atoms with Gasteiger partial charge in [0.25, 0.3) is 5.91 Å². The van der Waals surface area contributed by atoms with Crippen molar-refractivity contribution in [2.75, 3.05) is 6.54 Å². The Labute approximate surface area is 109 Å². The Hall–Kier alpha value is -1.66. The van der Waals surface area contributed by atoms with Crippen LogP contribution in [0.15, 0.2) is 29.2 Å². The molecule has 0 radical (unpaired) electrons. The van der Waals surface area contributed by atoms with Crippen molar-refractivity contribution < 1.29 is 9.90 Å². The van der Waals surface area contributed by atoms with E-state index in [4.69, 9.17) is 0 Å². The molecule has 0 aliphatic rings. The third-order valence-corrected chi connectivity index (χ3v) is 3.39. The highest BCUT2D eigenvalue weighted by Gasteiger charge is 2.25. The molecular weight excluding hydrogens is 250 g/mol. The summed E-state index contributed by atoms with van der Waals surface area (Å²) in [5, 5.41) is 20.6. The molecule has 1 unspecified atom stereocenters. The largest absolute Gasteiger partial charge is 0.383 e. The van der Waals surface area contributed by atoms with Gasteiger partial charge < -0.3 is 10.4 Å². The molecule has 0 aliphatic carbocycles. The van der Waals surface area contributed by atoms with Gasteiger partial charge in [-0.2, -0.15) is 16.4 Å². The zero-order chi connectivity index (χ0) is 13.2. The third kappa shape index (κ3) is 2.77. The van der Waals surface area contributed by atoms with Crippen LogP contribution in [0.4, 0.5) is 0 Å². The molecule has 96 valence electrons. The number of hydrogen-bond donors (Lipinski definition) is 2. The average molecular weight is 265 g/mol. The Kier molecular flexibility index (Phi) is 3.49. The predicted molar refractivity (Wildman–Crippen MR) is 69.4 cm³/mol. The average Bonchev–Trinajstić information content (AvgIpc) is 2.96. The Morgan fingerprint density at radius 2 is 2.44 bits per heavy atom. The molecular formula is C12H15N3O2S. The summed E-state index contributed by atoms with van der Waals surface area (Å²) in [5.41, 5.74) is 0.164. The molecule has 2 aromatic rings. The highest BCUT2D eigenvalue weighted by Crippen LogP contribution is 2.18. The van der Waals surface area contributed by atoms with Gasteiger partial charge in [-0.05, 0) is 18.4 Å². The lowest BCUT2D eigenvalue weighted by atomic mass is 10.00. The zero-order valence-corrected chi connectivity index (χ0v) is 11.1. The Morgan fingerprint density at radius 1 is 1.67 bits per heavy atom. The SMILES string of the molecule is Cn1cc(C(C)(O)CNC(=O)c2ccsc2)cn1. The van der Waals surface area contributed by atoms with E-state index in [1.807, 2.05) is 5.38 Å². The highest BCUT2D eigenvalue weighted by atomic mass is 32.1. The van der Waals surface area contributed by atoms with Crippen LogP contribution in [0.25, 0.3) is 0 Å². The molecule has 1 atom stereocenters. The van der Waals surface area contributed by atoms with Crippen molar-refractivity contribution in [1.82, 2.24) is 15.1 Å². The van der Waals surface area contributed by atoms with Gasteiger partial charge in [-0.25, -0.2) is 0 Å². The molecule has 0 bridgehead atoms. The van der Waals surface area contributed by atoms with E-state index >= 15 is 0 Å². The van der Waals surface area contributed by atoms with Crippen LogP contribution in [0.1, 0.15) is 22.8 Å². The number of rotatable bonds is 4. The summed E-state index contributed by atoms with van der Waals surface area (Å²) in [6.07, 6.45) is 3.33. The lowest BCUT2D eigenvalue weighted by Crippen LogP contribution is -2.38. The molecule has 2 N–H and O–H groups in total. The fraction of sp³-hybridized carbons (Fsp3) is 0.333. The molecule has 0 saturated heterocycles. The molecule has 1 amide bonds. The predicted octanol–water partition coefficient (Wildman–Crippen LogP) is 1.12. The maximum Gasteiger partial charge on any atom is 0.252 e. The van der Waals surface area contributed by atoms with E-state index < -0.39 is 5.60 Å². The van der Waals surface area contributed by atoms with Crippen molar-refractivity contribution >= 4 is 17.2 Å². The van der Waals surface area contributed by atoms with Crippen LogP contribution in [0, 0.1) is 0 Å². The topological polar surface area (TPSA) is 67.2 Å². The number of carbonyl (C=O) groups is 1. The van der Waals surface area contributed by atoms with Crippen LogP contribution < -0.4 is 5.32 Å². The maximum absolute atomic E-state index is 11.8. The number of aryl methyl sites for hydroxylation is 1. The van der Waals surface area contributed by atoms with Crippen molar-refractivity contribution in [3.05, 3.63) is 40.3 Å². The summed E-state index contributed by atoms with van der Waals surface area (Å²) in [7, 11) is 1.78. The minimum Gasteiger partial charge on any atom is -0.383 e. The lowest BCUT2D eigenvalue weighted by Gasteiger charge is -2.22. The van der Waals surface area contributed by atoms with Gasteiger partial charge in [0, 0.05) is 29.8 Å². The van der Waals surface area contributed by atoms with Crippen molar-refractivity contribution in [2.24, 2.45) is 7.05 Å². The Balaban J connectivity index is 1.99. The highest BCUT2D eigenvalue weighted by molar-refractivity contribution is 7.08. The quantitative estimate of drug-likeness (QED) is 0.870. The summed E-state index contributed by atoms with van der Waals surface area (Å²) in [4.78, 5) is 11.8. The molecule has 0 spiro atoms. The summed E-state index contributed by atoms with van der Waals surface area (Å²) in [6.45, 7) is 1.80. The van der Waals surface area contributed by atoms with Crippen molar-refractivity contribution in [1.29, 1.82) is 0 Å². The number of nitrogens with zero attached hydrogens (tertiary/aromatic N) is 2. The fourth-order valence-corrected chi connectivity index (χ4v) is 2.19. The lowest BCUT2D eigenvalue weighted by molar-refractivity contribution is 0.0526. The summed E-state index contributed by atoms with van der Waals surface area (Å²) < 4.78 is 1.62. The van der Waals surface area contributed by atoms with Gasteiger partial charge in [0.15, 0.2) is 0 Å². The molecule has 18 heavy (non-hydrogen) atoms. The van der Waals surface area contributed by atoms with Crippen LogP contribution in [0.5, 0.6) is 0 Å². The minimum atomic E-state index is -1.13. The minimum absolute atomic E-state index is 0.146. The summed E-state index contributed by atoms with van der Waals surface area (Å²) >= 11 is 1.46. The number of aromatic nitrogens is 2. The molecule has 0 saturated carbocycles. The van der Waals surface area contributed by atoms with Gasteiger partial charge in [0.1, 0.15) is 5.60 Å². The zero-order valence-electron chi connectivity index (χ0n) is 10.3. The van der Waals surface area contributed by atoms with E-state index in [-0.39, 0.29) is 12.5 Å². The van der Waals surface area contributed by atoms with Crippen LogP contribution in [-0.2, 0) is 12.6 Å². The second-order valence-electron chi connectivity index (χ2n) is 4.37. The van der Waals surface area contributed by atoms with Gasteiger partial charge in [-0.3, -0.25) is 9.48 Å². The Morgan fingerprint density at radius 3 is 3.00 bits per heavy atom. The number of carbonyl (C=O) groups excluding carboxylic acids is 1. The first-order chi connectivity index (χ1) is 8.49. The monoisotopic (exact) mass is 265 g/mol. The van der Waals surface area contributed by atoms with Crippen molar-refractivity contribution in [3.63, 3.8) is 0 Å². The third-order valence-electron chi connectivity index (χ3n) is 2.70. The van der Waals surface area contributed by atoms with Gasteiger partial charge in [-0.15, -0.1) is 0 Å². The number of amides is 1. The second kappa shape index (κ2) is 4.91. The van der Waals surface area contributed by atoms with E-state index in [1.165, 1.54) is 11.3 Å². The van der Waals surface area contributed by atoms with Gasteiger partial charge in [-0.1, -0.05) is 0 Å². The van der Waals surface area contributed by atoms with Crippen LogP contribution in [-0.4, -0.2) is 27.3 Å². The Bertz CT molecular complexity index is 531. The van der Waals surface area contributed by atoms with E-state index in [1.54, 1.807) is 42.5 Å². The van der Waals surface area contributed by atoms with E-state index in [2.05, 4.69) is 10.4 Å². The standard InChI is InChI=1S/C12H15N3O2S/c1-12(17,10-5-14-15(2)6-10)8-13-11(16)9-3-4-18-7-9/h3-7,17H,8H2,1-2H3,(H,13,16). The normalized spacial score (nSPS) is 14.2. The van der Waals surface area contributed by atoms with Crippen LogP contribution in [0.3, 0.4) is 0 Å². The van der Waals surface area contributed by atoms with Gasteiger partial charge in [0.05, 0.1) is 12.7 Å². The number of thiophene rings is 1. The second-order valence-corrected chi connectivity index (χ2v) is 5.15. The van der Waals surface area contributed by atoms with Crippen molar-refractivity contribution in [2.45, 2.75) is 12.5 Å². The van der Waals surface area contributed by atoms with Gasteiger partial charge >= 0.3 is 0 Å². The van der Waals surface area contributed by atoms with Crippen molar-refractivity contribution in [3.8, 4) is 0 Å². The molecule has 5 nitrogen and oxygen atoms in total. The van der Waals surface area contributed by atoms with Crippen LogP contribution >= 0.6 is 11.3 Å². The van der Waals surface area contributed by atoms with Crippen LogP contribution in [0.2, 0.25) is 0 Å². The molecule has 0 aliphatic heterocycles. The molecule has 2 heterocycles. The fourth-order valence-electron chi connectivity index (χ4n) is 1.55. The van der Waals surface area contributed by atoms with E-state index in [0.29, 0.717) is 11.1 Å². The first kappa shape index (κ1) is 12.8.